The summed E-state index contributed by atoms with van der Waals surface area (Å²) in [5.41, 5.74) is -0.391. The Morgan fingerprint density at radius 1 is 1.40 bits per heavy atom. The average molecular weight is 212 g/mol. The number of hydrogen-bond acceptors (Lipinski definition) is 3. The molecule has 0 saturated carbocycles. The fraction of sp³-hybridized carbons (Fsp3) is 0.700. The second kappa shape index (κ2) is 4.00. The molecule has 1 aliphatic heterocycles. The molecule has 0 spiro atoms. The van der Waals surface area contributed by atoms with Crippen LogP contribution < -0.4 is 10.6 Å². The lowest BCUT2D eigenvalue weighted by molar-refractivity contribution is -0.142. The fourth-order valence-electron chi connectivity index (χ4n) is 1.37. The lowest BCUT2D eigenvalue weighted by Gasteiger charge is -2.26. The van der Waals surface area contributed by atoms with Crippen molar-refractivity contribution in [1.29, 1.82) is 0 Å². The number of piperidine rings is 1. The number of amides is 2. The van der Waals surface area contributed by atoms with E-state index in [-0.39, 0.29) is 30.6 Å². The SMILES string of the molecule is CC(C)(C)NC(=O)[C@H]1CC(=O)CNC1=O. The molecule has 1 heterocycles. The van der Waals surface area contributed by atoms with Crippen LogP contribution in [-0.2, 0) is 14.4 Å². The van der Waals surface area contributed by atoms with Crippen LogP contribution in [0.25, 0.3) is 0 Å². The molecule has 1 fully saturated rings. The highest BCUT2D eigenvalue weighted by molar-refractivity contribution is 6.07. The highest BCUT2D eigenvalue weighted by Crippen LogP contribution is 2.11. The molecule has 1 saturated heterocycles. The summed E-state index contributed by atoms with van der Waals surface area (Å²) in [6.07, 6.45) is 0.00769. The topological polar surface area (TPSA) is 75.3 Å². The zero-order valence-electron chi connectivity index (χ0n) is 9.22. The quantitative estimate of drug-likeness (QED) is 0.581. The van der Waals surface area contributed by atoms with E-state index in [9.17, 15) is 14.4 Å². The number of carbonyl (C=O) groups excluding carboxylic acids is 3. The van der Waals surface area contributed by atoms with Gasteiger partial charge in [-0.25, -0.2) is 0 Å². The standard InChI is InChI=1S/C10H16N2O3/c1-10(2,3)12-9(15)7-4-6(13)5-11-8(7)14/h7H,4-5H2,1-3H3,(H,11,14)(H,12,15)/t7-/m0/s1. The van der Waals surface area contributed by atoms with E-state index in [4.69, 9.17) is 0 Å². The maximum atomic E-state index is 11.6. The van der Waals surface area contributed by atoms with E-state index in [0.717, 1.165) is 0 Å². The number of rotatable bonds is 1. The summed E-state index contributed by atoms with van der Waals surface area (Å²) in [6, 6.07) is 0. The lowest BCUT2D eigenvalue weighted by atomic mass is 9.95. The van der Waals surface area contributed by atoms with Gasteiger partial charge >= 0.3 is 0 Å². The van der Waals surface area contributed by atoms with Crippen molar-refractivity contribution in [1.82, 2.24) is 10.6 Å². The van der Waals surface area contributed by atoms with E-state index in [2.05, 4.69) is 10.6 Å². The first-order chi connectivity index (χ1) is 6.79. The highest BCUT2D eigenvalue weighted by Gasteiger charge is 2.34. The van der Waals surface area contributed by atoms with Gasteiger partial charge in [-0.15, -0.1) is 0 Å². The molecule has 5 nitrogen and oxygen atoms in total. The summed E-state index contributed by atoms with van der Waals surface area (Å²) in [4.78, 5) is 34.1. The van der Waals surface area contributed by atoms with E-state index in [0.29, 0.717) is 0 Å². The third-order valence-corrected chi connectivity index (χ3v) is 2.02. The van der Waals surface area contributed by atoms with Gasteiger partial charge in [0, 0.05) is 12.0 Å². The normalized spacial score (nSPS) is 22.2. The Labute approximate surface area is 88.6 Å². The van der Waals surface area contributed by atoms with Crippen molar-refractivity contribution in [2.24, 2.45) is 5.92 Å². The molecule has 84 valence electrons. The smallest absolute Gasteiger partial charge is 0.233 e. The minimum absolute atomic E-state index is 0.00769. The van der Waals surface area contributed by atoms with E-state index in [1.54, 1.807) is 0 Å². The maximum Gasteiger partial charge on any atom is 0.233 e. The van der Waals surface area contributed by atoms with Crippen molar-refractivity contribution in [3.8, 4) is 0 Å². The highest BCUT2D eigenvalue weighted by atomic mass is 16.2. The molecule has 0 bridgehead atoms. The van der Waals surface area contributed by atoms with Gasteiger partial charge in [0.1, 0.15) is 5.92 Å². The summed E-state index contributed by atoms with van der Waals surface area (Å²) in [7, 11) is 0. The fourth-order valence-corrected chi connectivity index (χ4v) is 1.37. The minimum Gasteiger partial charge on any atom is -0.351 e. The van der Waals surface area contributed by atoms with Crippen LogP contribution >= 0.6 is 0 Å². The predicted molar refractivity (Wildman–Crippen MR) is 54.0 cm³/mol. The van der Waals surface area contributed by atoms with Crippen LogP contribution in [-0.4, -0.2) is 29.7 Å². The number of hydrogen-bond donors (Lipinski definition) is 2. The molecule has 5 heteroatoms. The van der Waals surface area contributed by atoms with Crippen molar-refractivity contribution >= 4 is 17.6 Å². The Balaban J connectivity index is 2.65. The Hall–Kier alpha value is -1.39. The molecule has 1 aliphatic rings. The molecule has 1 rings (SSSR count). The van der Waals surface area contributed by atoms with Crippen LogP contribution in [0.1, 0.15) is 27.2 Å². The van der Waals surface area contributed by atoms with Crippen LogP contribution in [0.3, 0.4) is 0 Å². The van der Waals surface area contributed by atoms with Crippen molar-refractivity contribution in [3.63, 3.8) is 0 Å². The second-order valence-electron chi connectivity index (χ2n) is 4.75. The van der Waals surface area contributed by atoms with Crippen molar-refractivity contribution in [2.75, 3.05) is 6.54 Å². The monoisotopic (exact) mass is 212 g/mol. The molecule has 0 aromatic carbocycles. The Morgan fingerprint density at radius 3 is 2.53 bits per heavy atom. The number of nitrogens with one attached hydrogen (secondary N) is 2. The molecule has 0 aromatic heterocycles. The van der Waals surface area contributed by atoms with Gasteiger partial charge in [0.2, 0.25) is 11.8 Å². The van der Waals surface area contributed by atoms with E-state index in [1.165, 1.54) is 0 Å². The van der Waals surface area contributed by atoms with E-state index < -0.39 is 11.5 Å². The first-order valence-corrected chi connectivity index (χ1v) is 4.91. The largest absolute Gasteiger partial charge is 0.351 e. The maximum absolute atomic E-state index is 11.6. The van der Waals surface area contributed by atoms with Gasteiger partial charge in [0.05, 0.1) is 6.54 Å². The van der Waals surface area contributed by atoms with E-state index in [1.807, 2.05) is 20.8 Å². The molecule has 0 aliphatic carbocycles. The van der Waals surface area contributed by atoms with Crippen LogP contribution in [0.2, 0.25) is 0 Å². The van der Waals surface area contributed by atoms with Gasteiger partial charge in [0.25, 0.3) is 0 Å². The molecule has 2 N–H and O–H groups in total. The number of ketones is 1. The predicted octanol–water partition coefficient (Wildman–Crippen LogP) is -0.394. The molecule has 0 radical (unpaired) electrons. The van der Waals surface area contributed by atoms with Crippen molar-refractivity contribution < 1.29 is 14.4 Å². The van der Waals surface area contributed by atoms with Gasteiger partial charge in [-0.05, 0) is 20.8 Å². The van der Waals surface area contributed by atoms with Crippen LogP contribution in [0.15, 0.2) is 0 Å². The summed E-state index contributed by atoms with van der Waals surface area (Å²) < 4.78 is 0. The molecular weight excluding hydrogens is 196 g/mol. The molecule has 0 unspecified atom stereocenters. The first-order valence-electron chi connectivity index (χ1n) is 4.91. The number of carbonyl (C=O) groups is 3. The summed E-state index contributed by atoms with van der Waals surface area (Å²) in [6.45, 7) is 5.52. The zero-order chi connectivity index (χ0) is 11.6. The first kappa shape index (κ1) is 11.7. The second-order valence-corrected chi connectivity index (χ2v) is 4.75. The Morgan fingerprint density at radius 2 is 2.00 bits per heavy atom. The average Bonchev–Trinajstić information content (AvgIpc) is 2.06. The zero-order valence-corrected chi connectivity index (χ0v) is 9.22. The minimum atomic E-state index is -0.870. The van der Waals surface area contributed by atoms with Crippen molar-refractivity contribution in [2.45, 2.75) is 32.7 Å². The summed E-state index contributed by atoms with van der Waals surface area (Å²) >= 11 is 0. The van der Waals surface area contributed by atoms with Gasteiger partial charge < -0.3 is 10.6 Å². The Bertz CT molecular complexity index is 304. The molecule has 15 heavy (non-hydrogen) atoms. The molecule has 1 atom stereocenters. The van der Waals surface area contributed by atoms with Gasteiger partial charge in [0.15, 0.2) is 5.78 Å². The van der Waals surface area contributed by atoms with Gasteiger partial charge in [-0.1, -0.05) is 0 Å². The summed E-state index contributed by atoms with van der Waals surface area (Å²) in [5.74, 6) is -1.72. The van der Waals surface area contributed by atoms with Gasteiger partial charge in [-0.3, -0.25) is 14.4 Å². The van der Waals surface area contributed by atoms with Crippen LogP contribution in [0.5, 0.6) is 0 Å². The van der Waals surface area contributed by atoms with Gasteiger partial charge in [-0.2, -0.15) is 0 Å². The molecule has 0 aromatic rings. The van der Waals surface area contributed by atoms with Crippen LogP contribution in [0, 0.1) is 5.92 Å². The summed E-state index contributed by atoms with van der Waals surface area (Å²) in [5, 5.41) is 5.09. The lowest BCUT2D eigenvalue weighted by Crippen LogP contribution is -2.52. The number of Topliss-reactive ketones (excluding diaryl/α,β-unsaturated/α-hetero) is 1. The third kappa shape index (κ3) is 3.34. The van der Waals surface area contributed by atoms with Crippen LogP contribution in [0.4, 0.5) is 0 Å². The molecular formula is C10H16N2O3. The Kier molecular flexibility index (Phi) is 3.12. The van der Waals surface area contributed by atoms with E-state index >= 15 is 0 Å². The molecule has 2 amide bonds. The van der Waals surface area contributed by atoms with Crippen molar-refractivity contribution in [3.05, 3.63) is 0 Å². The third-order valence-electron chi connectivity index (χ3n) is 2.02.